The van der Waals surface area contributed by atoms with E-state index in [1.54, 1.807) is 6.07 Å². The zero-order chi connectivity index (χ0) is 27.4. The van der Waals surface area contributed by atoms with Crippen LogP contribution in [0.5, 0.6) is 5.75 Å². The molecule has 2 atom stereocenters. The van der Waals surface area contributed by atoms with Gasteiger partial charge in [0, 0.05) is 12.1 Å². The van der Waals surface area contributed by atoms with Crippen LogP contribution in [0, 0.1) is 11.8 Å². The molecule has 5 heteroatoms. The highest BCUT2D eigenvalue weighted by atomic mass is 16.5. The Bertz CT molecular complexity index is 1620. The molecule has 1 fully saturated rings. The van der Waals surface area contributed by atoms with Crippen LogP contribution in [0.1, 0.15) is 47.6 Å². The lowest BCUT2D eigenvalue weighted by Crippen LogP contribution is -2.54. The van der Waals surface area contributed by atoms with Gasteiger partial charge in [-0.3, -0.25) is 14.6 Å². The zero-order valence-electron chi connectivity index (χ0n) is 22.6. The van der Waals surface area contributed by atoms with Crippen molar-refractivity contribution in [1.82, 2.24) is 0 Å². The molecule has 0 spiro atoms. The summed E-state index contributed by atoms with van der Waals surface area (Å²) in [7, 11) is 0. The Hall–Kier alpha value is -4.51. The predicted octanol–water partition coefficient (Wildman–Crippen LogP) is 6.60. The predicted molar refractivity (Wildman–Crippen MR) is 157 cm³/mol. The van der Waals surface area contributed by atoms with Crippen molar-refractivity contribution in [2.24, 2.45) is 16.8 Å². The summed E-state index contributed by atoms with van der Waals surface area (Å²) >= 11 is 0. The number of nitrogens with zero attached hydrogens (tertiary/aromatic N) is 2. The fourth-order valence-electron chi connectivity index (χ4n) is 7.20. The van der Waals surface area contributed by atoms with Crippen molar-refractivity contribution >= 4 is 29.4 Å². The van der Waals surface area contributed by atoms with E-state index in [0.717, 1.165) is 34.4 Å². The number of hydrogen-bond donors (Lipinski definition) is 0. The number of ether oxygens (including phenoxy) is 1. The number of anilines is 1. The van der Waals surface area contributed by atoms with Crippen LogP contribution in [0.15, 0.2) is 102 Å². The first-order valence-corrected chi connectivity index (χ1v) is 14.0. The van der Waals surface area contributed by atoms with E-state index in [0.29, 0.717) is 18.0 Å². The van der Waals surface area contributed by atoms with Gasteiger partial charge in [-0.15, -0.1) is 0 Å². The number of aryl methyl sites for hydroxylation is 1. The summed E-state index contributed by atoms with van der Waals surface area (Å²) in [5, 5.41) is 0. The lowest BCUT2D eigenvalue weighted by Gasteiger charge is -2.52. The summed E-state index contributed by atoms with van der Waals surface area (Å²) in [6.45, 7) is 4.47. The van der Waals surface area contributed by atoms with Gasteiger partial charge in [-0.25, -0.2) is 4.90 Å². The third-order valence-corrected chi connectivity index (χ3v) is 8.85. The summed E-state index contributed by atoms with van der Waals surface area (Å²) in [5.74, 6) is -1.22. The Morgan fingerprint density at radius 2 is 1.43 bits per heavy atom. The van der Waals surface area contributed by atoms with Crippen molar-refractivity contribution in [1.29, 1.82) is 0 Å². The van der Waals surface area contributed by atoms with E-state index < -0.39 is 17.3 Å². The lowest BCUT2D eigenvalue weighted by atomic mass is 9.47. The van der Waals surface area contributed by atoms with Gasteiger partial charge in [0.2, 0.25) is 11.8 Å². The second-order valence-corrected chi connectivity index (χ2v) is 10.7. The van der Waals surface area contributed by atoms with Gasteiger partial charge in [0.25, 0.3) is 0 Å². The molecule has 198 valence electrons. The van der Waals surface area contributed by atoms with E-state index in [9.17, 15) is 9.59 Å². The van der Waals surface area contributed by atoms with Crippen molar-refractivity contribution in [3.8, 4) is 5.75 Å². The molecule has 1 heterocycles. The number of carbonyl (C=O) groups excluding carboxylic acids is 2. The molecule has 4 aliphatic rings. The minimum Gasteiger partial charge on any atom is -0.492 e. The molecule has 0 aromatic heterocycles. The van der Waals surface area contributed by atoms with E-state index >= 15 is 0 Å². The molecule has 0 N–H and O–H groups in total. The number of imide groups is 1. The average molecular weight is 527 g/mol. The van der Waals surface area contributed by atoms with E-state index in [1.165, 1.54) is 10.5 Å². The van der Waals surface area contributed by atoms with Crippen LogP contribution in [-0.4, -0.2) is 24.6 Å². The Labute approximate surface area is 234 Å². The van der Waals surface area contributed by atoms with Crippen LogP contribution in [0.4, 0.5) is 11.4 Å². The van der Waals surface area contributed by atoms with E-state index in [-0.39, 0.29) is 17.7 Å². The SMILES string of the molecule is CCOc1ccccc1N1C(=O)[C@@H]2C3c4ccccc4C(C=Nc4ccc(CC)cc4)(c4ccccc43)[C@@H]2C1=O. The van der Waals surface area contributed by atoms with Crippen molar-refractivity contribution in [3.05, 3.63) is 125 Å². The van der Waals surface area contributed by atoms with Gasteiger partial charge in [0.05, 0.1) is 35.2 Å². The standard InChI is InChI=1S/C35H30N2O3/c1-3-22-17-19-23(20-18-22)36-21-35-26-13-7-5-11-24(26)30(25-12-6-8-14-27(25)35)31-32(35)34(39)37(33(31)38)28-15-9-10-16-29(28)40-4-2/h5-21,30-32H,3-4H2,1-2H3/t30?,31-,32+,35?/m1/s1. The molecule has 5 nitrogen and oxygen atoms in total. The monoisotopic (exact) mass is 526 g/mol. The van der Waals surface area contributed by atoms with E-state index in [1.807, 2.05) is 67.7 Å². The topological polar surface area (TPSA) is 59.0 Å². The number of para-hydroxylation sites is 2. The van der Waals surface area contributed by atoms with Crippen LogP contribution < -0.4 is 9.64 Å². The molecule has 0 unspecified atom stereocenters. The molecule has 40 heavy (non-hydrogen) atoms. The Balaban J connectivity index is 1.47. The summed E-state index contributed by atoms with van der Waals surface area (Å²) in [6.07, 6.45) is 2.90. The second kappa shape index (κ2) is 9.30. The molecule has 4 aromatic carbocycles. The van der Waals surface area contributed by atoms with Crippen molar-refractivity contribution < 1.29 is 14.3 Å². The number of carbonyl (C=O) groups is 2. The first-order chi connectivity index (χ1) is 19.6. The van der Waals surface area contributed by atoms with Crippen molar-refractivity contribution in [2.45, 2.75) is 31.6 Å². The van der Waals surface area contributed by atoms with Gasteiger partial charge >= 0.3 is 0 Å². The molecule has 0 saturated carbocycles. The Morgan fingerprint density at radius 3 is 2.08 bits per heavy atom. The third kappa shape index (κ3) is 3.30. The van der Waals surface area contributed by atoms with Gasteiger partial charge in [0.15, 0.2) is 0 Å². The van der Waals surface area contributed by atoms with E-state index in [2.05, 4.69) is 43.3 Å². The summed E-state index contributed by atoms with van der Waals surface area (Å²) in [4.78, 5) is 35.4. The van der Waals surface area contributed by atoms with Crippen LogP contribution >= 0.6 is 0 Å². The molecule has 2 bridgehead atoms. The largest absolute Gasteiger partial charge is 0.492 e. The summed E-state index contributed by atoms with van der Waals surface area (Å²) in [6, 6.07) is 32.0. The number of benzene rings is 4. The maximum absolute atomic E-state index is 14.6. The molecule has 4 aromatic rings. The number of aliphatic imine (C=N–C) groups is 1. The molecule has 3 aliphatic carbocycles. The third-order valence-electron chi connectivity index (χ3n) is 8.85. The quantitative estimate of drug-likeness (QED) is 0.210. The second-order valence-electron chi connectivity index (χ2n) is 10.7. The molecular formula is C35H30N2O3. The normalized spacial score (nSPS) is 24.2. The highest BCUT2D eigenvalue weighted by Crippen LogP contribution is 2.64. The smallest absolute Gasteiger partial charge is 0.239 e. The Morgan fingerprint density at radius 1 is 0.800 bits per heavy atom. The first kappa shape index (κ1) is 24.5. The van der Waals surface area contributed by atoms with Gasteiger partial charge in [-0.1, -0.05) is 79.7 Å². The Kier molecular flexibility index (Phi) is 5.70. The van der Waals surface area contributed by atoms with Crippen molar-refractivity contribution in [3.63, 3.8) is 0 Å². The fourth-order valence-corrected chi connectivity index (χ4v) is 7.20. The minimum atomic E-state index is -0.891. The molecule has 2 amide bonds. The molecule has 1 aliphatic heterocycles. The van der Waals surface area contributed by atoms with Gasteiger partial charge in [-0.2, -0.15) is 0 Å². The highest BCUT2D eigenvalue weighted by Gasteiger charge is 2.68. The maximum atomic E-state index is 14.6. The summed E-state index contributed by atoms with van der Waals surface area (Å²) in [5.41, 5.74) is 5.96. The first-order valence-electron chi connectivity index (χ1n) is 14.0. The van der Waals surface area contributed by atoms with E-state index in [4.69, 9.17) is 9.73 Å². The number of hydrogen-bond acceptors (Lipinski definition) is 4. The zero-order valence-corrected chi connectivity index (χ0v) is 22.6. The minimum absolute atomic E-state index is 0.179. The summed E-state index contributed by atoms with van der Waals surface area (Å²) < 4.78 is 5.87. The van der Waals surface area contributed by atoms with Gasteiger partial charge in [-0.05, 0) is 65.4 Å². The number of rotatable bonds is 6. The molecule has 1 saturated heterocycles. The van der Waals surface area contributed by atoms with Gasteiger partial charge in [0.1, 0.15) is 5.75 Å². The molecular weight excluding hydrogens is 496 g/mol. The number of amides is 2. The lowest BCUT2D eigenvalue weighted by molar-refractivity contribution is -0.122. The van der Waals surface area contributed by atoms with Gasteiger partial charge < -0.3 is 4.74 Å². The van der Waals surface area contributed by atoms with Crippen molar-refractivity contribution in [2.75, 3.05) is 11.5 Å². The highest BCUT2D eigenvalue weighted by molar-refractivity contribution is 6.25. The molecule has 8 rings (SSSR count). The van der Waals surface area contributed by atoms with Crippen LogP contribution in [-0.2, 0) is 21.4 Å². The van der Waals surface area contributed by atoms with Crippen LogP contribution in [0.25, 0.3) is 0 Å². The van der Waals surface area contributed by atoms with Crippen LogP contribution in [0.3, 0.4) is 0 Å². The van der Waals surface area contributed by atoms with Crippen LogP contribution in [0.2, 0.25) is 0 Å². The molecule has 0 radical (unpaired) electrons. The fraction of sp³-hybridized carbons (Fsp3) is 0.229. The average Bonchev–Trinajstić information content (AvgIpc) is 3.27. The maximum Gasteiger partial charge on any atom is 0.239 e.